The van der Waals surface area contributed by atoms with Gasteiger partial charge in [0.1, 0.15) is 0 Å². The first kappa shape index (κ1) is 19.3. The van der Waals surface area contributed by atoms with Gasteiger partial charge in [0.05, 0.1) is 0 Å². The first-order chi connectivity index (χ1) is 12.0. The van der Waals surface area contributed by atoms with Crippen molar-refractivity contribution in [1.29, 1.82) is 0 Å². The summed E-state index contributed by atoms with van der Waals surface area (Å²) in [4.78, 5) is 20.8. The smallest absolute Gasteiger partial charge is 0.224 e. The number of hydrogen-bond acceptors (Lipinski definition) is 2. The molecule has 5 nitrogen and oxygen atoms in total. The van der Waals surface area contributed by atoms with E-state index in [-0.39, 0.29) is 5.91 Å². The summed E-state index contributed by atoms with van der Waals surface area (Å²) in [6.45, 7) is 7.53. The number of rotatable bonds is 5. The molecule has 1 heterocycles. The Kier molecular flexibility index (Phi) is 7.29. The van der Waals surface area contributed by atoms with E-state index in [0.29, 0.717) is 18.9 Å². The zero-order valence-corrected chi connectivity index (χ0v) is 16.1. The Morgan fingerprint density at radius 1 is 1.36 bits per heavy atom. The van der Waals surface area contributed by atoms with Gasteiger partial charge in [0.25, 0.3) is 0 Å². The molecule has 0 bridgehead atoms. The minimum absolute atomic E-state index is 0.246. The van der Waals surface area contributed by atoms with Gasteiger partial charge in [-0.2, -0.15) is 0 Å². The Morgan fingerprint density at radius 2 is 2.08 bits per heavy atom. The second-order valence-electron chi connectivity index (χ2n) is 7.15. The van der Waals surface area contributed by atoms with Crippen molar-refractivity contribution in [2.24, 2.45) is 10.9 Å². The van der Waals surface area contributed by atoms with Crippen molar-refractivity contribution >= 4 is 11.9 Å². The van der Waals surface area contributed by atoms with Gasteiger partial charge in [0.2, 0.25) is 5.91 Å². The van der Waals surface area contributed by atoms with Crippen LogP contribution in [0.4, 0.5) is 0 Å². The summed E-state index contributed by atoms with van der Waals surface area (Å²) < 4.78 is 0. The molecule has 1 unspecified atom stereocenters. The molecule has 1 saturated heterocycles. The molecule has 138 valence electrons. The van der Waals surface area contributed by atoms with Crippen LogP contribution in [0, 0.1) is 12.8 Å². The first-order valence-electron chi connectivity index (χ1n) is 9.24. The van der Waals surface area contributed by atoms with E-state index in [1.54, 1.807) is 7.05 Å². The number of nitrogens with zero attached hydrogens (tertiary/aromatic N) is 3. The maximum absolute atomic E-state index is 12.3. The summed E-state index contributed by atoms with van der Waals surface area (Å²) in [5.74, 6) is 1.69. The largest absolute Gasteiger partial charge is 0.356 e. The van der Waals surface area contributed by atoms with E-state index in [4.69, 9.17) is 0 Å². The van der Waals surface area contributed by atoms with Gasteiger partial charge in [-0.15, -0.1) is 0 Å². The number of amides is 1. The molecule has 1 N–H and O–H groups in total. The van der Waals surface area contributed by atoms with Crippen LogP contribution in [0.2, 0.25) is 0 Å². The SMILES string of the molecule is CN=C(NCCC(=O)N1CCCC(C)C1)N(C)Cc1ccc(C)cc1. The topological polar surface area (TPSA) is 47.9 Å². The number of aryl methyl sites for hydroxylation is 1. The number of benzene rings is 1. The fourth-order valence-electron chi connectivity index (χ4n) is 3.28. The lowest BCUT2D eigenvalue weighted by molar-refractivity contribution is -0.132. The van der Waals surface area contributed by atoms with Crippen molar-refractivity contribution in [2.45, 2.75) is 39.7 Å². The van der Waals surface area contributed by atoms with Gasteiger partial charge in [-0.25, -0.2) is 0 Å². The van der Waals surface area contributed by atoms with Gasteiger partial charge in [-0.05, 0) is 31.2 Å². The number of carbonyl (C=O) groups is 1. The Morgan fingerprint density at radius 3 is 2.72 bits per heavy atom. The van der Waals surface area contributed by atoms with Crippen molar-refractivity contribution < 1.29 is 4.79 Å². The fourth-order valence-corrected chi connectivity index (χ4v) is 3.28. The summed E-state index contributed by atoms with van der Waals surface area (Å²) in [6, 6.07) is 8.52. The number of piperidine rings is 1. The van der Waals surface area contributed by atoms with E-state index in [9.17, 15) is 4.79 Å². The minimum atomic E-state index is 0.246. The Hall–Kier alpha value is -2.04. The van der Waals surface area contributed by atoms with Crippen LogP contribution in [0.15, 0.2) is 29.3 Å². The summed E-state index contributed by atoms with van der Waals surface area (Å²) in [5.41, 5.74) is 2.51. The highest BCUT2D eigenvalue weighted by Crippen LogP contribution is 2.15. The summed E-state index contributed by atoms with van der Waals surface area (Å²) in [7, 11) is 3.80. The average Bonchev–Trinajstić information content (AvgIpc) is 2.60. The first-order valence-corrected chi connectivity index (χ1v) is 9.24. The molecular formula is C20H32N4O. The quantitative estimate of drug-likeness (QED) is 0.660. The van der Waals surface area contributed by atoms with E-state index in [1.165, 1.54) is 17.5 Å². The third kappa shape index (κ3) is 6.07. The zero-order valence-electron chi connectivity index (χ0n) is 16.1. The van der Waals surface area contributed by atoms with Crippen LogP contribution in [0.3, 0.4) is 0 Å². The lowest BCUT2D eigenvalue weighted by atomic mass is 10.00. The normalized spacial score (nSPS) is 18.2. The number of likely N-dealkylation sites (tertiary alicyclic amines) is 1. The van der Waals surface area contributed by atoms with E-state index in [0.717, 1.165) is 32.0 Å². The molecule has 1 fully saturated rings. The average molecular weight is 345 g/mol. The predicted octanol–water partition coefficient (Wildman–Crippen LogP) is 2.65. The standard InChI is InChI=1S/C20H32N4O/c1-16-7-9-18(10-8-16)15-23(4)20(21-3)22-12-11-19(25)24-13-5-6-17(2)14-24/h7-10,17H,5-6,11-15H2,1-4H3,(H,21,22). The molecule has 0 aliphatic carbocycles. The molecule has 25 heavy (non-hydrogen) atoms. The van der Waals surface area contributed by atoms with Crippen molar-refractivity contribution in [1.82, 2.24) is 15.1 Å². The zero-order chi connectivity index (χ0) is 18.2. The van der Waals surface area contributed by atoms with Crippen LogP contribution in [-0.4, -0.2) is 55.4 Å². The molecule has 0 spiro atoms. The molecule has 1 amide bonds. The summed E-state index contributed by atoms with van der Waals surface area (Å²) in [6.07, 6.45) is 2.88. The van der Waals surface area contributed by atoms with Gasteiger partial charge in [-0.3, -0.25) is 9.79 Å². The highest BCUT2D eigenvalue weighted by molar-refractivity contribution is 5.81. The molecular weight excluding hydrogens is 312 g/mol. The molecule has 2 rings (SSSR count). The van der Waals surface area contributed by atoms with Crippen molar-refractivity contribution in [3.63, 3.8) is 0 Å². The fraction of sp³-hybridized carbons (Fsp3) is 0.600. The van der Waals surface area contributed by atoms with Crippen LogP contribution < -0.4 is 5.32 Å². The molecule has 0 saturated carbocycles. The maximum atomic E-state index is 12.3. The molecule has 5 heteroatoms. The van der Waals surface area contributed by atoms with Crippen LogP contribution in [0.1, 0.15) is 37.3 Å². The monoisotopic (exact) mass is 344 g/mol. The summed E-state index contributed by atoms with van der Waals surface area (Å²) >= 11 is 0. The number of nitrogens with one attached hydrogen (secondary N) is 1. The number of carbonyl (C=O) groups excluding carboxylic acids is 1. The minimum Gasteiger partial charge on any atom is -0.356 e. The molecule has 1 aliphatic heterocycles. The lowest BCUT2D eigenvalue weighted by Crippen LogP contribution is -2.42. The van der Waals surface area contributed by atoms with Crippen molar-refractivity contribution in [3.8, 4) is 0 Å². The van der Waals surface area contributed by atoms with Gasteiger partial charge < -0.3 is 15.1 Å². The highest BCUT2D eigenvalue weighted by atomic mass is 16.2. The van der Waals surface area contributed by atoms with Crippen LogP contribution in [0.5, 0.6) is 0 Å². The van der Waals surface area contributed by atoms with Gasteiger partial charge in [0, 0.05) is 46.7 Å². The van der Waals surface area contributed by atoms with E-state index in [1.807, 2.05) is 11.9 Å². The number of guanidine groups is 1. The number of hydrogen-bond donors (Lipinski definition) is 1. The third-order valence-corrected chi connectivity index (χ3v) is 4.75. The summed E-state index contributed by atoms with van der Waals surface area (Å²) in [5, 5.41) is 3.31. The third-order valence-electron chi connectivity index (χ3n) is 4.75. The van der Waals surface area contributed by atoms with Gasteiger partial charge in [-0.1, -0.05) is 36.8 Å². The molecule has 1 atom stereocenters. The number of aliphatic imine (C=N–C) groups is 1. The maximum Gasteiger partial charge on any atom is 0.224 e. The predicted molar refractivity (Wildman–Crippen MR) is 104 cm³/mol. The molecule has 1 aromatic rings. The molecule has 0 radical (unpaired) electrons. The van der Waals surface area contributed by atoms with Crippen LogP contribution in [0.25, 0.3) is 0 Å². The van der Waals surface area contributed by atoms with Crippen LogP contribution >= 0.6 is 0 Å². The second-order valence-corrected chi connectivity index (χ2v) is 7.15. The highest BCUT2D eigenvalue weighted by Gasteiger charge is 2.20. The lowest BCUT2D eigenvalue weighted by Gasteiger charge is -2.31. The van der Waals surface area contributed by atoms with Crippen molar-refractivity contribution in [3.05, 3.63) is 35.4 Å². The van der Waals surface area contributed by atoms with Crippen LogP contribution in [-0.2, 0) is 11.3 Å². The van der Waals surface area contributed by atoms with E-state index >= 15 is 0 Å². The van der Waals surface area contributed by atoms with E-state index in [2.05, 4.69) is 53.3 Å². The molecule has 1 aliphatic rings. The van der Waals surface area contributed by atoms with Gasteiger partial charge in [0.15, 0.2) is 5.96 Å². The van der Waals surface area contributed by atoms with Gasteiger partial charge >= 0.3 is 0 Å². The molecule has 1 aromatic carbocycles. The second kappa shape index (κ2) is 9.44. The Balaban J connectivity index is 1.77. The Bertz CT molecular complexity index is 582. The Labute approximate surface area is 152 Å². The molecule has 0 aromatic heterocycles. The van der Waals surface area contributed by atoms with E-state index < -0.39 is 0 Å². The van der Waals surface area contributed by atoms with Crippen molar-refractivity contribution in [2.75, 3.05) is 33.7 Å².